The van der Waals surface area contributed by atoms with Crippen LogP contribution in [0, 0.1) is 0 Å². The van der Waals surface area contributed by atoms with Crippen LogP contribution < -0.4 is 4.72 Å². The molecule has 0 saturated heterocycles. The van der Waals surface area contributed by atoms with Crippen molar-refractivity contribution < 1.29 is 8.42 Å². The molecule has 94 valence electrons. The summed E-state index contributed by atoms with van der Waals surface area (Å²) >= 11 is 0. The predicted octanol–water partition coefficient (Wildman–Crippen LogP) is 1.64. The van der Waals surface area contributed by atoms with Gasteiger partial charge in [-0.2, -0.15) is 0 Å². The van der Waals surface area contributed by atoms with E-state index < -0.39 is 10.0 Å². The fourth-order valence-electron chi connectivity index (χ4n) is 1.49. The van der Waals surface area contributed by atoms with Crippen molar-refractivity contribution in [2.24, 2.45) is 0 Å². The van der Waals surface area contributed by atoms with E-state index in [1.807, 2.05) is 24.3 Å². The van der Waals surface area contributed by atoms with E-state index in [1.54, 1.807) is 12.4 Å². The molecule has 0 aliphatic carbocycles. The van der Waals surface area contributed by atoms with Crippen LogP contribution in [-0.4, -0.2) is 18.4 Å². The molecule has 0 bridgehead atoms. The smallest absolute Gasteiger partial charge is 0.233 e. The molecule has 0 spiro atoms. The minimum absolute atomic E-state index is 0.225. The second-order valence-corrected chi connectivity index (χ2v) is 5.38. The molecule has 2 N–H and O–H groups in total. The Labute approximate surface area is 106 Å². The number of imidazole rings is 1. The molecule has 18 heavy (non-hydrogen) atoms. The zero-order valence-corrected chi connectivity index (χ0v) is 10.4. The third-order valence-corrected chi connectivity index (χ3v) is 3.38. The van der Waals surface area contributed by atoms with Crippen LogP contribution in [0.2, 0.25) is 0 Å². The zero-order valence-electron chi connectivity index (χ0n) is 9.63. The summed E-state index contributed by atoms with van der Waals surface area (Å²) in [7, 11) is -3.39. The highest BCUT2D eigenvalue weighted by atomic mass is 32.2. The highest BCUT2D eigenvalue weighted by Gasteiger charge is 2.05. The summed E-state index contributed by atoms with van der Waals surface area (Å²) in [6.07, 6.45) is 3.41. The number of sulfonamides is 1. The summed E-state index contributed by atoms with van der Waals surface area (Å²) in [6.45, 7) is 3.46. The number of aromatic amines is 1. The van der Waals surface area contributed by atoms with Crippen LogP contribution in [0.25, 0.3) is 11.4 Å². The first-order chi connectivity index (χ1) is 8.61. The van der Waals surface area contributed by atoms with E-state index in [2.05, 4.69) is 21.3 Å². The quantitative estimate of drug-likeness (QED) is 0.861. The van der Waals surface area contributed by atoms with Gasteiger partial charge in [0, 0.05) is 29.9 Å². The Morgan fingerprint density at radius 3 is 2.94 bits per heavy atom. The maximum absolute atomic E-state index is 11.2. The summed E-state index contributed by atoms with van der Waals surface area (Å²) in [6, 6.07) is 7.49. The van der Waals surface area contributed by atoms with Crippen LogP contribution >= 0.6 is 0 Å². The molecule has 6 heteroatoms. The Kier molecular flexibility index (Phi) is 3.59. The first kappa shape index (κ1) is 12.5. The van der Waals surface area contributed by atoms with Gasteiger partial charge in [0.1, 0.15) is 5.82 Å². The largest absolute Gasteiger partial charge is 0.345 e. The molecule has 1 aromatic carbocycles. The normalized spacial score (nSPS) is 11.3. The van der Waals surface area contributed by atoms with Crippen LogP contribution in [0.1, 0.15) is 5.56 Å². The zero-order chi connectivity index (χ0) is 13.0. The van der Waals surface area contributed by atoms with Gasteiger partial charge in [-0.05, 0) is 11.6 Å². The number of nitrogens with one attached hydrogen (secondary N) is 2. The molecule has 0 atom stereocenters. The molecule has 0 aliphatic heterocycles. The molecule has 0 radical (unpaired) electrons. The average Bonchev–Trinajstić information content (AvgIpc) is 2.91. The molecule has 1 aromatic heterocycles. The van der Waals surface area contributed by atoms with E-state index in [9.17, 15) is 8.42 Å². The van der Waals surface area contributed by atoms with Gasteiger partial charge >= 0.3 is 0 Å². The monoisotopic (exact) mass is 263 g/mol. The number of hydrogen-bond acceptors (Lipinski definition) is 3. The number of benzene rings is 1. The third-order valence-electron chi connectivity index (χ3n) is 2.40. The predicted molar refractivity (Wildman–Crippen MR) is 70.0 cm³/mol. The van der Waals surface area contributed by atoms with Crippen LogP contribution in [0.4, 0.5) is 0 Å². The minimum atomic E-state index is -3.39. The van der Waals surface area contributed by atoms with Gasteiger partial charge in [-0.3, -0.25) is 0 Å². The summed E-state index contributed by atoms with van der Waals surface area (Å²) in [5.74, 6) is 0.753. The molecule has 5 nitrogen and oxygen atoms in total. The lowest BCUT2D eigenvalue weighted by Gasteiger charge is -2.04. The van der Waals surface area contributed by atoms with Gasteiger partial charge < -0.3 is 4.98 Å². The SMILES string of the molecule is C=CS(=O)(=O)NCc1cccc(-c2ncc[nH]2)c1. The summed E-state index contributed by atoms with van der Waals surface area (Å²) in [4.78, 5) is 7.14. The Hall–Kier alpha value is -1.92. The first-order valence-electron chi connectivity index (χ1n) is 5.31. The molecular formula is C12H13N3O2S. The standard InChI is InChI=1S/C12H13N3O2S/c1-2-18(16,17)15-9-10-4-3-5-11(8-10)12-13-6-7-14-12/h2-8,15H,1,9H2,(H,13,14). The van der Waals surface area contributed by atoms with Gasteiger partial charge in [-0.1, -0.05) is 24.8 Å². The van der Waals surface area contributed by atoms with Crippen molar-refractivity contribution in [3.8, 4) is 11.4 Å². The summed E-state index contributed by atoms with van der Waals surface area (Å²) < 4.78 is 24.9. The lowest BCUT2D eigenvalue weighted by molar-refractivity contribution is 0.590. The second-order valence-electron chi connectivity index (χ2n) is 3.67. The second kappa shape index (κ2) is 5.16. The Bertz CT molecular complexity index is 633. The highest BCUT2D eigenvalue weighted by Crippen LogP contribution is 2.15. The van der Waals surface area contributed by atoms with Gasteiger partial charge in [0.2, 0.25) is 10.0 Å². The van der Waals surface area contributed by atoms with E-state index >= 15 is 0 Å². The molecule has 0 fully saturated rings. The first-order valence-corrected chi connectivity index (χ1v) is 6.86. The fraction of sp³-hybridized carbons (Fsp3) is 0.0833. The average molecular weight is 263 g/mol. The van der Waals surface area contributed by atoms with E-state index in [1.165, 1.54) is 0 Å². The number of nitrogens with zero attached hydrogens (tertiary/aromatic N) is 1. The van der Waals surface area contributed by atoms with Crippen molar-refractivity contribution in [1.82, 2.24) is 14.7 Å². The highest BCUT2D eigenvalue weighted by molar-refractivity contribution is 7.92. The number of hydrogen-bond donors (Lipinski definition) is 2. The molecule has 1 heterocycles. The van der Waals surface area contributed by atoms with Gasteiger partial charge in [-0.25, -0.2) is 18.1 Å². The Morgan fingerprint density at radius 2 is 2.28 bits per heavy atom. The molecule has 0 unspecified atom stereocenters. The van der Waals surface area contributed by atoms with Crippen molar-refractivity contribution in [1.29, 1.82) is 0 Å². The van der Waals surface area contributed by atoms with Crippen molar-refractivity contribution in [3.05, 3.63) is 54.2 Å². The van der Waals surface area contributed by atoms with E-state index in [4.69, 9.17) is 0 Å². The van der Waals surface area contributed by atoms with Crippen LogP contribution in [0.3, 0.4) is 0 Å². The molecule has 2 rings (SSSR count). The maximum Gasteiger partial charge on any atom is 0.233 e. The van der Waals surface area contributed by atoms with Gasteiger partial charge in [0.05, 0.1) is 0 Å². The number of H-pyrrole nitrogens is 1. The van der Waals surface area contributed by atoms with Gasteiger partial charge in [0.25, 0.3) is 0 Å². The molecule has 0 aliphatic rings. The molecular weight excluding hydrogens is 250 g/mol. The Balaban J connectivity index is 2.16. The Morgan fingerprint density at radius 1 is 1.44 bits per heavy atom. The van der Waals surface area contributed by atoms with Gasteiger partial charge in [0.15, 0.2) is 0 Å². The van der Waals surface area contributed by atoms with Crippen LogP contribution in [-0.2, 0) is 16.6 Å². The van der Waals surface area contributed by atoms with Crippen LogP contribution in [0.5, 0.6) is 0 Å². The molecule has 2 aromatic rings. The molecule has 0 amide bonds. The minimum Gasteiger partial charge on any atom is -0.345 e. The third kappa shape index (κ3) is 3.06. The van der Waals surface area contributed by atoms with E-state index in [0.29, 0.717) is 0 Å². The summed E-state index contributed by atoms with van der Waals surface area (Å²) in [5.41, 5.74) is 1.77. The van der Waals surface area contributed by atoms with Crippen LogP contribution in [0.15, 0.2) is 48.6 Å². The maximum atomic E-state index is 11.2. The van der Waals surface area contributed by atoms with E-state index in [0.717, 1.165) is 22.4 Å². The number of aromatic nitrogens is 2. The lowest BCUT2D eigenvalue weighted by Crippen LogP contribution is -2.20. The number of rotatable bonds is 5. The van der Waals surface area contributed by atoms with Crippen molar-refractivity contribution >= 4 is 10.0 Å². The topological polar surface area (TPSA) is 74.8 Å². The van der Waals surface area contributed by atoms with Crippen molar-refractivity contribution in [3.63, 3.8) is 0 Å². The van der Waals surface area contributed by atoms with Crippen molar-refractivity contribution in [2.45, 2.75) is 6.54 Å². The lowest BCUT2D eigenvalue weighted by atomic mass is 10.1. The van der Waals surface area contributed by atoms with Gasteiger partial charge in [-0.15, -0.1) is 0 Å². The summed E-state index contributed by atoms with van der Waals surface area (Å²) in [5, 5.41) is 0.892. The molecule has 0 saturated carbocycles. The van der Waals surface area contributed by atoms with Crippen molar-refractivity contribution in [2.75, 3.05) is 0 Å². The fourth-order valence-corrected chi connectivity index (χ4v) is 1.98. The van der Waals surface area contributed by atoms with E-state index in [-0.39, 0.29) is 6.54 Å².